The Morgan fingerprint density at radius 1 is 1.12 bits per heavy atom. The summed E-state index contributed by atoms with van der Waals surface area (Å²) < 4.78 is 0. The fraction of sp³-hybridized carbons (Fsp3) is 0.333. The first kappa shape index (κ1) is 19.9. The fourth-order valence-corrected chi connectivity index (χ4v) is 2.90. The predicted molar refractivity (Wildman–Crippen MR) is 111 cm³/mol. The third-order valence-electron chi connectivity index (χ3n) is 4.15. The minimum atomic E-state index is -0.325. The molecule has 0 bridgehead atoms. The van der Waals surface area contributed by atoms with Crippen molar-refractivity contribution < 1.29 is 9.90 Å². The number of anilines is 1. The third kappa shape index (κ3) is 5.56. The number of carbonyl (C=O) groups excluding carboxylic acids is 1. The molecule has 0 aliphatic carbocycles. The van der Waals surface area contributed by atoms with Crippen molar-refractivity contribution in [1.29, 1.82) is 0 Å². The first-order valence-corrected chi connectivity index (χ1v) is 9.17. The topological polar surface area (TPSA) is 61.4 Å². The summed E-state index contributed by atoms with van der Waals surface area (Å²) >= 11 is 5.20. The maximum atomic E-state index is 12.5. The van der Waals surface area contributed by atoms with Crippen LogP contribution in [0.5, 0.6) is 5.75 Å². The van der Waals surface area contributed by atoms with Gasteiger partial charge in [-0.15, -0.1) is 0 Å². The molecule has 0 spiro atoms. The van der Waals surface area contributed by atoms with Crippen molar-refractivity contribution in [3.8, 4) is 5.75 Å². The standard InChI is InChI=1S/C21H26N2O2S/c1-13(2)11-16-6-8-17(9-7-16)15(4)20(25)23-21(26)22-18-12-14(3)5-10-19(18)24/h5-10,12-13,15,24H,11H2,1-4H3,(H2,22,23,25,26). The van der Waals surface area contributed by atoms with Gasteiger partial charge in [-0.3, -0.25) is 4.79 Å². The van der Waals surface area contributed by atoms with E-state index in [0.29, 0.717) is 11.6 Å². The average Bonchev–Trinajstić information content (AvgIpc) is 2.57. The molecule has 5 heteroatoms. The Morgan fingerprint density at radius 2 is 1.77 bits per heavy atom. The van der Waals surface area contributed by atoms with E-state index in [9.17, 15) is 9.90 Å². The first-order chi connectivity index (χ1) is 12.3. The molecule has 1 amide bonds. The lowest BCUT2D eigenvalue weighted by Crippen LogP contribution is -2.36. The molecule has 1 unspecified atom stereocenters. The van der Waals surface area contributed by atoms with Crippen molar-refractivity contribution >= 4 is 28.9 Å². The SMILES string of the molecule is Cc1ccc(O)c(NC(=S)NC(=O)C(C)c2ccc(CC(C)C)cc2)c1. The number of aromatic hydroxyl groups is 1. The van der Waals surface area contributed by atoms with E-state index in [1.165, 1.54) is 5.56 Å². The molecule has 0 aromatic heterocycles. The second-order valence-electron chi connectivity index (χ2n) is 7.03. The molecule has 1 atom stereocenters. The van der Waals surface area contributed by atoms with Gasteiger partial charge in [0.05, 0.1) is 11.6 Å². The summed E-state index contributed by atoms with van der Waals surface area (Å²) in [5, 5.41) is 15.6. The summed E-state index contributed by atoms with van der Waals surface area (Å²) in [7, 11) is 0. The van der Waals surface area contributed by atoms with Crippen molar-refractivity contribution in [3.05, 3.63) is 59.2 Å². The van der Waals surface area contributed by atoms with E-state index >= 15 is 0 Å². The lowest BCUT2D eigenvalue weighted by molar-refractivity contribution is -0.120. The minimum absolute atomic E-state index is 0.0842. The predicted octanol–water partition coefficient (Wildman–Crippen LogP) is 4.52. The van der Waals surface area contributed by atoms with Crippen molar-refractivity contribution in [3.63, 3.8) is 0 Å². The summed E-state index contributed by atoms with van der Waals surface area (Å²) in [6.07, 6.45) is 1.02. The maximum Gasteiger partial charge on any atom is 0.233 e. The van der Waals surface area contributed by atoms with Gasteiger partial charge in [0.25, 0.3) is 0 Å². The van der Waals surface area contributed by atoms with E-state index in [-0.39, 0.29) is 22.7 Å². The monoisotopic (exact) mass is 370 g/mol. The minimum Gasteiger partial charge on any atom is -0.506 e. The second kappa shape index (κ2) is 8.81. The highest BCUT2D eigenvalue weighted by atomic mass is 32.1. The third-order valence-corrected chi connectivity index (χ3v) is 4.36. The fourth-order valence-electron chi connectivity index (χ4n) is 2.69. The Morgan fingerprint density at radius 3 is 2.38 bits per heavy atom. The van der Waals surface area contributed by atoms with Gasteiger partial charge >= 0.3 is 0 Å². The lowest BCUT2D eigenvalue weighted by atomic mass is 9.96. The van der Waals surface area contributed by atoms with Crippen LogP contribution in [0.2, 0.25) is 0 Å². The number of hydrogen-bond donors (Lipinski definition) is 3. The molecule has 0 saturated heterocycles. The number of benzene rings is 2. The van der Waals surface area contributed by atoms with Crippen LogP contribution in [-0.4, -0.2) is 16.1 Å². The van der Waals surface area contributed by atoms with Gasteiger partial charge in [-0.25, -0.2) is 0 Å². The number of amides is 1. The van der Waals surface area contributed by atoms with Crippen LogP contribution in [0, 0.1) is 12.8 Å². The van der Waals surface area contributed by atoms with Crippen molar-refractivity contribution in [2.45, 2.75) is 40.0 Å². The number of rotatable bonds is 5. The van der Waals surface area contributed by atoms with Crippen molar-refractivity contribution in [1.82, 2.24) is 5.32 Å². The number of carbonyl (C=O) groups is 1. The Bertz CT molecular complexity index is 785. The smallest absolute Gasteiger partial charge is 0.233 e. The highest BCUT2D eigenvalue weighted by Crippen LogP contribution is 2.24. The molecule has 2 rings (SSSR count). The number of phenolic OH excluding ortho intramolecular Hbond substituents is 1. The highest BCUT2D eigenvalue weighted by molar-refractivity contribution is 7.80. The van der Waals surface area contributed by atoms with E-state index in [2.05, 4.69) is 36.6 Å². The van der Waals surface area contributed by atoms with Gasteiger partial charge in [-0.1, -0.05) is 44.2 Å². The molecule has 0 heterocycles. The summed E-state index contributed by atoms with van der Waals surface area (Å²) in [5.41, 5.74) is 3.66. The van der Waals surface area contributed by atoms with Gasteiger partial charge in [0, 0.05) is 0 Å². The van der Waals surface area contributed by atoms with Crippen molar-refractivity contribution in [2.24, 2.45) is 5.92 Å². The van der Waals surface area contributed by atoms with Crippen LogP contribution in [0.25, 0.3) is 0 Å². The maximum absolute atomic E-state index is 12.5. The molecule has 4 nitrogen and oxygen atoms in total. The molecule has 0 aliphatic rings. The zero-order valence-corrected chi connectivity index (χ0v) is 16.5. The Balaban J connectivity index is 1.97. The zero-order valence-electron chi connectivity index (χ0n) is 15.7. The van der Waals surface area contributed by atoms with E-state index in [0.717, 1.165) is 17.5 Å². The van der Waals surface area contributed by atoms with Crippen LogP contribution in [0.4, 0.5) is 5.69 Å². The number of phenols is 1. The van der Waals surface area contributed by atoms with Crippen LogP contribution in [0.15, 0.2) is 42.5 Å². The summed E-state index contributed by atoms with van der Waals surface area (Å²) in [4.78, 5) is 12.5. The number of hydrogen-bond acceptors (Lipinski definition) is 3. The summed E-state index contributed by atoms with van der Waals surface area (Å²) in [6.45, 7) is 8.13. The molecular weight excluding hydrogens is 344 g/mol. The van der Waals surface area contributed by atoms with Crippen molar-refractivity contribution in [2.75, 3.05) is 5.32 Å². The van der Waals surface area contributed by atoms with Gasteiger partial charge in [-0.2, -0.15) is 0 Å². The number of thiocarbonyl (C=S) groups is 1. The second-order valence-corrected chi connectivity index (χ2v) is 7.43. The van der Waals surface area contributed by atoms with Crippen LogP contribution >= 0.6 is 12.2 Å². The van der Waals surface area contributed by atoms with Gasteiger partial charge < -0.3 is 15.7 Å². The molecule has 0 saturated carbocycles. The Hall–Kier alpha value is -2.40. The molecule has 0 fully saturated rings. The van der Waals surface area contributed by atoms with Gasteiger partial charge in [-0.05, 0) is 67.2 Å². The normalized spacial score (nSPS) is 11.9. The molecule has 0 aliphatic heterocycles. The summed E-state index contributed by atoms with van der Waals surface area (Å²) in [5.74, 6) is 0.171. The number of aryl methyl sites for hydroxylation is 1. The molecule has 2 aromatic carbocycles. The Labute approximate surface area is 160 Å². The zero-order chi connectivity index (χ0) is 19.3. The van der Waals surface area contributed by atoms with E-state index in [4.69, 9.17) is 12.2 Å². The lowest BCUT2D eigenvalue weighted by Gasteiger charge is -2.15. The van der Waals surface area contributed by atoms with Gasteiger partial charge in [0.15, 0.2) is 5.11 Å². The largest absolute Gasteiger partial charge is 0.506 e. The van der Waals surface area contributed by atoms with Crippen LogP contribution in [0.3, 0.4) is 0 Å². The first-order valence-electron chi connectivity index (χ1n) is 8.76. The average molecular weight is 371 g/mol. The van der Waals surface area contributed by atoms with Crippen LogP contribution < -0.4 is 10.6 Å². The molecule has 138 valence electrons. The molecule has 2 aromatic rings. The highest BCUT2D eigenvalue weighted by Gasteiger charge is 2.17. The molecule has 26 heavy (non-hydrogen) atoms. The molecule has 3 N–H and O–H groups in total. The Kier molecular flexibility index (Phi) is 6.75. The van der Waals surface area contributed by atoms with Crippen LogP contribution in [0.1, 0.15) is 43.4 Å². The van der Waals surface area contributed by atoms with E-state index < -0.39 is 0 Å². The molecular formula is C21H26N2O2S. The van der Waals surface area contributed by atoms with Gasteiger partial charge in [0.2, 0.25) is 5.91 Å². The number of nitrogens with one attached hydrogen (secondary N) is 2. The van der Waals surface area contributed by atoms with E-state index in [1.54, 1.807) is 18.2 Å². The van der Waals surface area contributed by atoms with Gasteiger partial charge in [0.1, 0.15) is 5.75 Å². The molecule has 0 radical (unpaired) electrons. The summed E-state index contributed by atoms with van der Waals surface area (Å²) in [6, 6.07) is 13.3. The quantitative estimate of drug-likeness (QED) is 0.535. The van der Waals surface area contributed by atoms with E-state index in [1.807, 2.05) is 26.0 Å². The van der Waals surface area contributed by atoms with Crippen LogP contribution in [-0.2, 0) is 11.2 Å².